The van der Waals surface area contributed by atoms with Crippen LogP contribution < -0.4 is 0 Å². The van der Waals surface area contributed by atoms with Gasteiger partial charge in [0, 0.05) is 39.2 Å². The lowest BCUT2D eigenvalue weighted by Crippen LogP contribution is -2.66. The summed E-state index contributed by atoms with van der Waals surface area (Å²) >= 11 is 0. The van der Waals surface area contributed by atoms with Gasteiger partial charge in [-0.25, -0.2) is 0 Å². The third-order valence-electron chi connectivity index (χ3n) is 11.3. The van der Waals surface area contributed by atoms with E-state index in [9.17, 15) is 34.5 Å². The summed E-state index contributed by atoms with van der Waals surface area (Å²) in [6.45, 7) is 14.2. The molecule has 16 nitrogen and oxygen atoms in total. The van der Waals surface area contributed by atoms with E-state index < -0.39 is 121 Å². The van der Waals surface area contributed by atoms with Gasteiger partial charge in [-0.15, -0.1) is 0 Å². The van der Waals surface area contributed by atoms with Crippen LogP contribution in [0.25, 0.3) is 0 Å². The molecule has 3 N–H and O–H groups in total. The van der Waals surface area contributed by atoms with E-state index in [1.807, 2.05) is 33.8 Å². The van der Waals surface area contributed by atoms with Gasteiger partial charge >= 0.3 is 17.9 Å². The van der Waals surface area contributed by atoms with Crippen LogP contribution in [0.1, 0.15) is 107 Å². The van der Waals surface area contributed by atoms with Gasteiger partial charge in [-0.2, -0.15) is 0 Å². The normalized spacial score (nSPS) is 39.7. The third-order valence-corrected chi connectivity index (χ3v) is 11.3. The van der Waals surface area contributed by atoms with Gasteiger partial charge in [-0.05, 0) is 72.4 Å². The molecule has 16 atom stereocenters. The highest BCUT2D eigenvalue weighted by Gasteiger charge is 2.53. The molecule has 0 radical (unpaired) electrons. The number of hydrogen-bond donors (Lipinski definition) is 3. The van der Waals surface area contributed by atoms with Crippen molar-refractivity contribution in [1.82, 2.24) is 4.90 Å². The first-order valence-electron chi connectivity index (χ1n) is 21.5. The standard InChI is InChI=1S/C44H73NO15/c1-12-16-33(48)57-32-23-35(50)54-27(5)17-14-13-15-18-31(47)26(4)22-30(19-20-46)40(41(32)53-11)60-43-38(51)37(45(9)10)39(28(6)56-43)59-36-24-44(8,52)42(29(7)55-36)58-34(49)21-25(2)3/h13-15,18,20,25-32,36-43,47,51-52H,12,16-17,19,21-24H2,1-11H3/b14-13+,18-15+/t26-,27-,28?,29?,30+,31+,32-,36?,37?,38?,39?,40+,41+,42?,43?,44?/m1/s1. The average Bonchev–Trinajstić information content (AvgIpc) is 3.13. The quantitative estimate of drug-likeness (QED) is 0.129. The van der Waals surface area contributed by atoms with Crippen molar-refractivity contribution >= 4 is 24.2 Å². The number of methoxy groups -OCH3 is 1. The number of likely N-dealkylation sites (N-methyl/N-ethyl adjacent to an activating group) is 1. The molecular formula is C44H73NO15. The molecule has 3 aliphatic heterocycles. The van der Waals surface area contributed by atoms with Crippen molar-refractivity contribution in [3.63, 3.8) is 0 Å². The number of carbonyl (C=O) groups is 4. The summed E-state index contributed by atoms with van der Waals surface area (Å²) in [6.07, 6.45) is -3.49. The smallest absolute Gasteiger partial charge is 0.309 e. The number of hydrogen-bond acceptors (Lipinski definition) is 16. The fourth-order valence-corrected chi connectivity index (χ4v) is 8.30. The predicted octanol–water partition coefficient (Wildman–Crippen LogP) is 3.79. The minimum absolute atomic E-state index is 0.0454. The first-order chi connectivity index (χ1) is 28.2. The summed E-state index contributed by atoms with van der Waals surface area (Å²) < 4.78 is 49.1. The van der Waals surface area contributed by atoms with Crippen molar-refractivity contribution in [3.05, 3.63) is 24.3 Å². The summed E-state index contributed by atoms with van der Waals surface area (Å²) in [5.41, 5.74) is -1.50. The van der Waals surface area contributed by atoms with Crippen LogP contribution in [0.3, 0.4) is 0 Å². The van der Waals surface area contributed by atoms with E-state index in [0.29, 0.717) is 12.8 Å². The summed E-state index contributed by atoms with van der Waals surface area (Å²) in [4.78, 5) is 53.1. The second-order valence-corrected chi connectivity index (χ2v) is 17.6. The van der Waals surface area contributed by atoms with Crippen LogP contribution in [-0.4, -0.2) is 151 Å². The number of cyclic esters (lactones) is 1. The molecule has 0 aromatic rings. The largest absolute Gasteiger partial charge is 0.462 e. The van der Waals surface area contributed by atoms with Crippen molar-refractivity contribution in [3.8, 4) is 0 Å². The van der Waals surface area contributed by atoms with E-state index in [2.05, 4.69) is 0 Å². The Morgan fingerprint density at radius 1 is 1.00 bits per heavy atom. The molecule has 16 heteroatoms. The highest BCUT2D eigenvalue weighted by Crippen LogP contribution is 2.38. The maximum Gasteiger partial charge on any atom is 0.309 e. The summed E-state index contributed by atoms with van der Waals surface area (Å²) in [7, 11) is 4.89. The number of allylic oxidation sites excluding steroid dienone is 2. The minimum atomic E-state index is -1.50. The van der Waals surface area contributed by atoms with Gasteiger partial charge in [0.1, 0.15) is 42.4 Å². The van der Waals surface area contributed by atoms with E-state index >= 15 is 0 Å². The highest BCUT2D eigenvalue weighted by atomic mass is 16.7. The predicted molar refractivity (Wildman–Crippen MR) is 219 cm³/mol. The average molecular weight is 856 g/mol. The van der Waals surface area contributed by atoms with Gasteiger partial charge in [0.05, 0.1) is 36.9 Å². The Kier molecular flexibility index (Phi) is 20.8. The van der Waals surface area contributed by atoms with Crippen LogP contribution in [0.15, 0.2) is 24.3 Å². The number of esters is 3. The molecule has 0 aliphatic carbocycles. The van der Waals surface area contributed by atoms with Crippen molar-refractivity contribution in [2.45, 2.75) is 192 Å². The Labute approximate surface area is 356 Å². The summed E-state index contributed by atoms with van der Waals surface area (Å²) in [5, 5.41) is 34.8. The zero-order valence-electron chi connectivity index (χ0n) is 37.5. The molecule has 0 saturated carbocycles. The molecule has 0 spiro atoms. The van der Waals surface area contributed by atoms with Crippen LogP contribution in [0.2, 0.25) is 0 Å². The van der Waals surface area contributed by atoms with Crippen LogP contribution in [-0.2, 0) is 57.1 Å². The lowest BCUT2D eigenvalue weighted by molar-refractivity contribution is -0.344. The maximum atomic E-state index is 13.4. The molecule has 344 valence electrons. The molecule has 3 rings (SSSR count). The molecule has 3 aliphatic rings. The number of aldehydes is 1. The third kappa shape index (κ3) is 14.9. The molecule has 60 heavy (non-hydrogen) atoms. The Hall–Kier alpha value is -2.80. The minimum Gasteiger partial charge on any atom is -0.462 e. The number of rotatable bonds is 14. The number of nitrogens with zero attached hydrogens (tertiary/aromatic N) is 1. The monoisotopic (exact) mass is 855 g/mol. The van der Waals surface area contributed by atoms with Crippen LogP contribution in [0.4, 0.5) is 0 Å². The van der Waals surface area contributed by atoms with Gasteiger partial charge < -0.3 is 62.9 Å². The van der Waals surface area contributed by atoms with Crippen LogP contribution in [0.5, 0.6) is 0 Å². The molecule has 0 aromatic carbocycles. The van der Waals surface area contributed by atoms with Gasteiger partial charge in [0.25, 0.3) is 0 Å². The van der Waals surface area contributed by atoms with E-state index in [0.717, 1.165) is 6.29 Å². The fraction of sp³-hybridized carbons (Fsp3) is 0.818. The number of aliphatic hydroxyl groups is 3. The second-order valence-electron chi connectivity index (χ2n) is 17.6. The van der Waals surface area contributed by atoms with Crippen LogP contribution >= 0.6 is 0 Å². The van der Waals surface area contributed by atoms with Gasteiger partial charge in [-0.3, -0.25) is 14.4 Å². The van der Waals surface area contributed by atoms with Crippen LogP contribution in [0, 0.1) is 17.8 Å². The Morgan fingerprint density at radius 2 is 1.70 bits per heavy atom. The number of carbonyl (C=O) groups excluding carboxylic acids is 4. The zero-order chi connectivity index (χ0) is 44.9. The molecule has 3 heterocycles. The molecule has 0 amide bonds. The molecule has 0 bridgehead atoms. The lowest BCUT2D eigenvalue weighted by Gasteiger charge is -2.50. The van der Waals surface area contributed by atoms with Gasteiger partial charge in [-0.1, -0.05) is 52.0 Å². The Bertz CT molecular complexity index is 1420. The Balaban J connectivity index is 2.00. The number of ether oxygens (including phenoxy) is 8. The Morgan fingerprint density at radius 3 is 2.30 bits per heavy atom. The second kappa shape index (κ2) is 24.2. The van der Waals surface area contributed by atoms with Gasteiger partial charge in [0.15, 0.2) is 18.7 Å². The van der Waals surface area contributed by atoms with E-state index in [4.69, 9.17) is 37.9 Å². The number of aliphatic hydroxyl groups excluding tert-OH is 2. The SMILES string of the molecule is CCCC(=O)O[C@@H]1CC(=O)O[C@H](C)C/C=C/C=C/[C@H](O)[C@H](C)C[C@H](CC=O)[C@H](OC2OC(C)C(OC3CC(C)(O)C(OC(=O)CC(C)C)C(C)O3)C(N(C)C)C2O)[C@H]1OC. The van der Waals surface area contributed by atoms with E-state index in [1.54, 1.807) is 64.9 Å². The maximum absolute atomic E-state index is 13.4. The van der Waals surface area contributed by atoms with Crippen molar-refractivity contribution in [2.75, 3.05) is 21.2 Å². The van der Waals surface area contributed by atoms with Gasteiger partial charge in [0.2, 0.25) is 0 Å². The highest BCUT2D eigenvalue weighted by molar-refractivity contribution is 5.73. The summed E-state index contributed by atoms with van der Waals surface area (Å²) in [6, 6.07) is -0.783. The zero-order valence-corrected chi connectivity index (χ0v) is 37.5. The molecule has 0 aromatic heterocycles. The topological polar surface area (TPSA) is 206 Å². The lowest BCUT2D eigenvalue weighted by atomic mass is 9.82. The van der Waals surface area contributed by atoms with Crippen molar-refractivity contribution in [1.29, 1.82) is 0 Å². The molecule has 2 saturated heterocycles. The summed E-state index contributed by atoms with van der Waals surface area (Å²) in [5.74, 6) is -2.68. The first-order valence-corrected chi connectivity index (χ1v) is 21.5. The fourth-order valence-electron chi connectivity index (χ4n) is 8.30. The van der Waals surface area contributed by atoms with E-state index in [1.165, 1.54) is 7.11 Å². The van der Waals surface area contributed by atoms with Crippen molar-refractivity contribution < 1.29 is 72.4 Å². The molecule has 9 unspecified atom stereocenters. The first kappa shape index (κ1) is 51.5. The molecule has 2 fully saturated rings. The van der Waals surface area contributed by atoms with E-state index in [-0.39, 0.29) is 38.0 Å². The molecular weight excluding hydrogens is 782 g/mol. The van der Waals surface area contributed by atoms with Crippen molar-refractivity contribution in [2.24, 2.45) is 17.8 Å².